The van der Waals surface area contributed by atoms with Gasteiger partial charge in [-0.3, -0.25) is 4.79 Å². The molecule has 0 N–H and O–H groups in total. The number of ether oxygens (including phenoxy) is 1. The number of pyridine rings is 1. The molecule has 4 heteroatoms. The Morgan fingerprint density at radius 3 is 2.46 bits per heavy atom. The van der Waals surface area contributed by atoms with Gasteiger partial charge in [0.25, 0.3) is 5.91 Å². The number of nitrogens with zero attached hydrogens (tertiary/aromatic N) is 2. The Bertz CT molecular complexity index is 1030. The average Bonchev–Trinajstić information content (AvgIpc) is 2.66. The van der Waals surface area contributed by atoms with E-state index in [1.54, 1.807) is 0 Å². The first-order valence-corrected chi connectivity index (χ1v) is 9.84. The van der Waals surface area contributed by atoms with Gasteiger partial charge in [-0.1, -0.05) is 42.0 Å². The van der Waals surface area contributed by atoms with E-state index in [9.17, 15) is 4.79 Å². The molecule has 2 aromatic carbocycles. The van der Waals surface area contributed by atoms with Gasteiger partial charge in [0, 0.05) is 24.0 Å². The summed E-state index contributed by atoms with van der Waals surface area (Å²) in [6.45, 7) is 9.42. The van der Waals surface area contributed by atoms with E-state index in [0.717, 1.165) is 27.7 Å². The van der Waals surface area contributed by atoms with Crippen LogP contribution >= 0.6 is 0 Å². The van der Waals surface area contributed by atoms with Crippen molar-refractivity contribution < 1.29 is 9.53 Å². The first-order chi connectivity index (χ1) is 13.4. The van der Waals surface area contributed by atoms with Crippen molar-refractivity contribution in [1.29, 1.82) is 0 Å². The molecule has 0 bridgehead atoms. The third-order valence-corrected chi connectivity index (χ3v) is 5.31. The van der Waals surface area contributed by atoms with Gasteiger partial charge in [-0.2, -0.15) is 0 Å². The highest BCUT2D eigenvalue weighted by Gasteiger charge is 2.28. The van der Waals surface area contributed by atoms with Crippen molar-refractivity contribution in [3.8, 4) is 11.3 Å². The van der Waals surface area contributed by atoms with Gasteiger partial charge in [0.2, 0.25) is 0 Å². The first-order valence-electron chi connectivity index (χ1n) is 9.84. The minimum Gasteiger partial charge on any atom is -0.372 e. The molecule has 4 nitrogen and oxygen atoms in total. The van der Waals surface area contributed by atoms with Gasteiger partial charge >= 0.3 is 0 Å². The maximum Gasteiger partial charge on any atom is 0.254 e. The normalized spacial score (nSPS) is 19.8. The Kier molecular flexibility index (Phi) is 4.90. The lowest BCUT2D eigenvalue weighted by Gasteiger charge is -2.35. The Labute approximate surface area is 166 Å². The topological polar surface area (TPSA) is 42.4 Å². The summed E-state index contributed by atoms with van der Waals surface area (Å²) in [7, 11) is 0. The zero-order valence-corrected chi connectivity index (χ0v) is 16.9. The summed E-state index contributed by atoms with van der Waals surface area (Å²) in [6.07, 6.45) is 0.0826. The van der Waals surface area contributed by atoms with E-state index in [1.807, 2.05) is 49.1 Å². The van der Waals surface area contributed by atoms with Crippen LogP contribution in [0.2, 0.25) is 0 Å². The summed E-state index contributed by atoms with van der Waals surface area (Å²) >= 11 is 0. The number of aryl methyl sites for hydroxylation is 2. The zero-order valence-electron chi connectivity index (χ0n) is 16.9. The molecule has 144 valence electrons. The number of hydrogen-bond donors (Lipinski definition) is 0. The van der Waals surface area contributed by atoms with Crippen molar-refractivity contribution in [1.82, 2.24) is 9.88 Å². The number of amides is 1. The fourth-order valence-corrected chi connectivity index (χ4v) is 4.11. The number of aromatic nitrogens is 1. The molecule has 2 heterocycles. The van der Waals surface area contributed by atoms with Crippen LogP contribution in [0, 0.1) is 13.8 Å². The third-order valence-electron chi connectivity index (χ3n) is 5.31. The molecule has 2 atom stereocenters. The molecule has 2 unspecified atom stereocenters. The molecule has 1 fully saturated rings. The molecule has 28 heavy (non-hydrogen) atoms. The second-order valence-electron chi connectivity index (χ2n) is 7.86. The largest absolute Gasteiger partial charge is 0.372 e. The minimum atomic E-state index is 0.0413. The van der Waals surface area contributed by atoms with Crippen molar-refractivity contribution in [2.24, 2.45) is 0 Å². The smallest absolute Gasteiger partial charge is 0.254 e. The van der Waals surface area contributed by atoms with Gasteiger partial charge in [0.1, 0.15) is 0 Å². The molecule has 4 rings (SSSR count). The second-order valence-corrected chi connectivity index (χ2v) is 7.86. The number of fused-ring (bicyclic) bond motifs is 1. The minimum absolute atomic E-state index is 0.0413. The highest BCUT2D eigenvalue weighted by atomic mass is 16.5. The van der Waals surface area contributed by atoms with E-state index >= 15 is 0 Å². The number of carbonyl (C=O) groups is 1. The number of morpholine rings is 1. The zero-order chi connectivity index (χ0) is 19.8. The summed E-state index contributed by atoms with van der Waals surface area (Å²) in [5, 5.41) is 0.896. The maximum atomic E-state index is 13.5. The highest BCUT2D eigenvalue weighted by molar-refractivity contribution is 6.07. The van der Waals surface area contributed by atoms with Crippen LogP contribution in [0.3, 0.4) is 0 Å². The van der Waals surface area contributed by atoms with E-state index in [1.165, 1.54) is 5.56 Å². The average molecular weight is 374 g/mol. The molecule has 0 aliphatic carbocycles. The van der Waals surface area contributed by atoms with Gasteiger partial charge in [0.05, 0.1) is 29.0 Å². The summed E-state index contributed by atoms with van der Waals surface area (Å²) in [5.41, 5.74) is 5.84. The predicted octanol–water partition coefficient (Wildman–Crippen LogP) is 4.77. The lowest BCUT2D eigenvalue weighted by Crippen LogP contribution is -2.48. The molecule has 1 aromatic heterocycles. The van der Waals surface area contributed by atoms with E-state index < -0.39 is 0 Å². The van der Waals surface area contributed by atoms with E-state index in [2.05, 4.69) is 32.0 Å². The SMILES string of the molecule is Cc1ccc(-c2cc(C(=O)N3CC(C)OC(C)C3)c3ccccc3n2)c(C)c1. The van der Waals surface area contributed by atoms with Crippen molar-refractivity contribution in [3.05, 3.63) is 65.2 Å². The van der Waals surface area contributed by atoms with E-state index in [4.69, 9.17) is 9.72 Å². The van der Waals surface area contributed by atoms with Gasteiger partial charge in [-0.05, 0) is 45.4 Å². The van der Waals surface area contributed by atoms with Crippen LogP contribution in [-0.4, -0.2) is 41.1 Å². The predicted molar refractivity (Wildman–Crippen MR) is 113 cm³/mol. The number of carbonyl (C=O) groups excluding carboxylic acids is 1. The fraction of sp³-hybridized carbons (Fsp3) is 0.333. The highest BCUT2D eigenvalue weighted by Crippen LogP contribution is 2.29. The molecule has 3 aromatic rings. The van der Waals surface area contributed by atoms with Crippen LogP contribution in [-0.2, 0) is 4.74 Å². The lowest BCUT2D eigenvalue weighted by atomic mass is 9.99. The summed E-state index contributed by atoms with van der Waals surface area (Å²) in [5.74, 6) is 0.0478. The van der Waals surface area contributed by atoms with Crippen LogP contribution in [0.25, 0.3) is 22.2 Å². The molecule has 0 saturated carbocycles. The molecular weight excluding hydrogens is 348 g/mol. The lowest BCUT2D eigenvalue weighted by molar-refractivity contribution is -0.0585. The maximum absolute atomic E-state index is 13.5. The molecule has 1 saturated heterocycles. The molecular formula is C24H26N2O2. The Morgan fingerprint density at radius 1 is 1.04 bits per heavy atom. The number of hydrogen-bond acceptors (Lipinski definition) is 3. The van der Waals surface area contributed by atoms with Gasteiger partial charge in [0.15, 0.2) is 0 Å². The summed E-state index contributed by atoms with van der Waals surface area (Å²) in [4.78, 5) is 20.2. The number of para-hydroxylation sites is 1. The van der Waals surface area contributed by atoms with Crippen LogP contribution in [0.15, 0.2) is 48.5 Å². The molecule has 0 radical (unpaired) electrons. The molecule has 0 spiro atoms. The van der Waals surface area contributed by atoms with Gasteiger partial charge < -0.3 is 9.64 Å². The van der Waals surface area contributed by atoms with Crippen molar-refractivity contribution >= 4 is 16.8 Å². The summed E-state index contributed by atoms with van der Waals surface area (Å²) < 4.78 is 5.80. The second kappa shape index (κ2) is 7.36. The van der Waals surface area contributed by atoms with E-state index in [-0.39, 0.29) is 18.1 Å². The standard InChI is InChI=1S/C24H26N2O2/c1-15-9-10-19(16(2)11-15)23-12-21(20-7-5-6-8-22(20)25-23)24(27)26-13-17(3)28-18(4)14-26/h5-12,17-18H,13-14H2,1-4H3. The van der Waals surface area contributed by atoms with Crippen molar-refractivity contribution in [2.75, 3.05) is 13.1 Å². The molecule has 1 amide bonds. The van der Waals surface area contributed by atoms with Crippen molar-refractivity contribution in [2.45, 2.75) is 39.9 Å². The quantitative estimate of drug-likeness (QED) is 0.649. The van der Waals surface area contributed by atoms with Crippen LogP contribution in [0.5, 0.6) is 0 Å². The Morgan fingerprint density at radius 2 is 1.75 bits per heavy atom. The van der Waals surface area contributed by atoms with Crippen LogP contribution < -0.4 is 0 Å². The first kappa shape index (κ1) is 18.6. The number of rotatable bonds is 2. The monoisotopic (exact) mass is 374 g/mol. The number of benzene rings is 2. The van der Waals surface area contributed by atoms with Crippen LogP contribution in [0.1, 0.15) is 35.3 Å². The molecule has 1 aliphatic rings. The molecule has 1 aliphatic heterocycles. The van der Waals surface area contributed by atoms with Gasteiger partial charge in [-0.25, -0.2) is 4.98 Å². The fourth-order valence-electron chi connectivity index (χ4n) is 4.11. The Balaban J connectivity index is 1.84. The van der Waals surface area contributed by atoms with Crippen molar-refractivity contribution in [3.63, 3.8) is 0 Å². The Hall–Kier alpha value is -2.72. The summed E-state index contributed by atoms with van der Waals surface area (Å²) in [6, 6.07) is 16.2. The van der Waals surface area contributed by atoms with Crippen LogP contribution in [0.4, 0.5) is 0 Å². The van der Waals surface area contributed by atoms with Gasteiger partial charge in [-0.15, -0.1) is 0 Å². The van der Waals surface area contributed by atoms with E-state index in [0.29, 0.717) is 18.7 Å². The third kappa shape index (κ3) is 3.52.